The summed E-state index contributed by atoms with van der Waals surface area (Å²) < 4.78 is 196. The van der Waals surface area contributed by atoms with Crippen LogP contribution in [0.5, 0.6) is 0 Å². The molecule has 0 saturated carbocycles. The third-order valence-corrected chi connectivity index (χ3v) is 4.17. The van der Waals surface area contributed by atoms with Gasteiger partial charge >= 0.3 is 41.7 Å². The first-order valence-corrected chi connectivity index (χ1v) is 8.17. The van der Waals surface area contributed by atoms with E-state index in [4.69, 9.17) is 5.73 Å². The normalized spacial score (nSPS) is 17.2. The average molecular weight is 512 g/mol. The molecular weight excluding hydrogens is 497 g/mol. The molecule has 0 aromatic rings. The smallest absolute Gasteiger partial charge is 0.348 e. The van der Waals surface area contributed by atoms with Crippen molar-refractivity contribution in [1.82, 2.24) is 5.32 Å². The van der Waals surface area contributed by atoms with Crippen molar-refractivity contribution in [3.63, 3.8) is 0 Å². The molecule has 1 amide bonds. The highest BCUT2D eigenvalue weighted by molar-refractivity contribution is 5.85. The number of amides is 1. The second-order valence-corrected chi connectivity index (χ2v) is 6.72. The Morgan fingerprint density at radius 2 is 1.06 bits per heavy atom. The first-order chi connectivity index (χ1) is 13.8. The molecule has 18 heteroatoms. The number of alkyl halides is 15. The molecule has 0 aliphatic heterocycles. The maximum atomic E-state index is 13.7. The highest BCUT2D eigenvalue weighted by Gasteiger charge is 2.94. The van der Waals surface area contributed by atoms with E-state index in [0.29, 0.717) is 0 Å². The largest absolute Gasteiger partial charge is 0.460 e. The molecule has 0 aliphatic rings. The molecule has 192 valence electrons. The van der Waals surface area contributed by atoms with Crippen LogP contribution in [0.4, 0.5) is 65.9 Å². The molecule has 0 aromatic heterocycles. The molecule has 2 atom stereocenters. The van der Waals surface area contributed by atoms with Gasteiger partial charge in [-0.2, -0.15) is 65.9 Å². The lowest BCUT2D eigenvalue weighted by atomic mass is 9.90. The monoisotopic (exact) mass is 512 g/mol. The zero-order chi connectivity index (χ0) is 26.4. The van der Waals surface area contributed by atoms with E-state index in [-0.39, 0.29) is 6.42 Å². The Bertz CT molecular complexity index is 674. The summed E-state index contributed by atoms with van der Waals surface area (Å²) in [6, 6.07) is -2.46. The molecule has 32 heavy (non-hydrogen) atoms. The van der Waals surface area contributed by atoms with Crippen molar-refractivity contribution in [1.29, 1.82) is 0 Å². The summed E-state index contributed by atoms with van der Waals surface area (Å²) in [5.74, 6) is -51.4. The van der Waals surface area contributed by atoms with Crippen molar-refractivity contribution in [2.24, 2.45) is 5.73 Å². The summed E-state index contributed by atoms with van der Waals surface area (Å²) in [6.45, 7) is 2.24. The Morgan fingerprint density at radius 3 is 1.41 bits per heavy atom. The van der Waals surface area contributed by atoms with Gasteiger partial charge in [0.25, 0.3) is 5.91 Å². The van der Waals surface area contributed by atoms with E-state index in [9.17, 15) is 70.7 Å². The molecule has 0 radical (unpaired) electrons. The fourth-order valence-corrected chi connectivity index (χ4v) is 2.10. The first-order valence-electron chi connectivity index (χ1n) is 8.17. The minimum Gasteiger partial charge on any atom is -0.348 e. The number of nitrogens with one attached hydrogen (secondary N) is 1. The minimum absolute atomic E-state index is 0.125. The second-order valence-electron chi connectivity index (χ2n) is 6.72. The molecular formula is C14H15F15N2O. The Kier molecular flexibility index (Phi) is 8.19. The fourth-order valence-electron chi connectivity index (χ4n) is 2.10. The summed E-state index contributed by atoms with van der Waals surface area (Å²) >= 11 is 0. The van der Waals surface area contributed by atoms with Gasteiger partial charge in [0.15, 0.2) is 0 Å². The SMILES string of the molecule is CCC(N)CC(C)NC(=O)C(F)(F)C(F)(F)C(F)(F)C(F)(F)C(F)(F)C(F)(F)C(F)(F)F. The maximum absolute atomic E-state index is 13.7. The zero-order valence-corrected chi connectivity index (χ0v) is 15.7. The van der Waals surface area contributed by atoms with Gasteiger partial charge in [-0.05, 0) is 19.8 Å². The summed E-state index contributed by atoms with van der Waals surface area (Å²) in [5.41, 5.74) is 5.34. The van der Waals surface area contributed by atoms with Crippen molar-refractivity contribution in [2.75, 3.05) is 0 Å². The summed E-state index contributed by atoms with van der Waals surface area (Å²) in [4.78, 5) is 11.3. The van der Waals surface area contributed by atoms with Gasteiger partial charge in [-0.1, -0.05) is 6.92 Å². The lowest BCUT2D eigenvalue weighted by Crippen LogP contribution is -2.74. The minimum atomic E-state index is -8.43. The molecule has 3 N–H and O–H groups in total. The van der Waals surface area contributed by atoms with Crippen LogP contribution < -0.4 is 11.1 Å². The quantitative estimate of drug-likeness (QED) is 0.406. The summed E-state index contributed by atoms with van der Waals surface area (Å²) in [6.07, 6.45) is -8.01. The van der Waals surface area contributed by atoms with Crippen molar-refractivity contribution in [2.45, 2.75) is 80.5 Å². The van der Waals surface area contributed by atoms with E-state index in [1.807, 2.05) is 0 Å². The number of rotatable bonds is 10. The van der Waals surface area contributed by atoms with Crippen LogP contribution >= 0.6 is 0 Å². The van der Waals surface area contributed by atoms with Crippen LogP contribution in [0.15, 0.2) is 0 Å². The van der Waals surface area contributed by atoms with Crippen molar-refractivity contribution >= 4 is 5.91 Å². The Labute approximate surface area is 169 Å². The first kappa shape index (κ1) is 30.4. The molecule has 3 nitrogen and oxygen atoms in total. The Hall–Kier alpha value is -1.62. The third-order valence-electron chi connectivity index (χ3n) is 4.17. The molecule has 0 aromatic carbocycles. The zero-order valence-electron chi connectivity index (χ0n) is 15.7. The van der Waals surface area contributed by atoms with E-state index >= 15 is 0 Å². The third kappa shape index (κ3) is 4.55. The van der Waals surface area contributed by atoms with Crippen molar-refractivity contribution in [3.8, 4) is 0 Å². The number of carbonyl (C=O) groups excluding carboxylic acids is 1. The van der Waals surface area contributed by atoms with Crippen LogP contribution in [0, 0.1) is 0 Å². The molecule has 0 saturated heterocycles. The Balaban J connectivity index is 6.28. The average Bonchev–Trinajstić information content (AvgIpc) is 2.59. The van der Waals surface area contributed by atoms with Gasteiger partial charge in [0, 0.05) is 12.1 Å². The van der Waals surface area contributed by atoms with Crippen LogP contribution in [-0.2, 0) is 4.79 Å². The summed E-state index contributed by atoms with van der Waals surface area (Å²) in [7, 11) is 0. The van der Waals surface area contributed by atoms with Crippen LogP contribution in [0.25, 0.3) is 0 Å². The number of halogens is 15. The van der Waals surface area contributed by atoms with Crippen LogP contribution in [0.3, 0.4) is 0 Å². The van der Waals surface area contributed by atoms with Gasteiger partial charge in [0.2, 0.25) is 0 Å². The predicted octanol–water partition coefficient (Wildman–Crippen LogP) is 4.99. The number of hydrogen-bond donors (Lipinski definition) is 2. The highest BCUT2D eigenvalue weighted by atomic mass is 19.4. The van der Waals surface area contributed by atoms with E-state index in [1.165, 1.54) is 6.92 Å². The molecule has 0 fully saturated rings. The lowest BCUT2D eigenvalue weighted by Gasteiger charge is -2.41. The standard InChI is InChI=1S/C14H15F15N2O/c1-3-6(30)4-5(2)31-7(32)8(15,16)9(17,18)10(19,20)11(21,22)12(23,24)13(25,26)14(27,28)29/h5-6H,3-4,30H2,1-2H3,(H,31,32). The lowest BCUT2D eigenvalue weighted by molar-refractivity contribution is -0.449. The fraction of sp³-hybridized carbons (Fsp3) is 0.929. The molecule has 0 heterocycles. The van der Waals surface area contributed by atoms with Gasteiger partial charge in [-0.25, -0.2) is 0 Å². The topological polar surface area (TPSA) is 55.1 Å². The maximum Gasteiger partial charge on any atom is 0.460 e. The highest BCUT2D eigenvalue weighted by Crippen LogP contribution is 2.62. The number of carbonyl (C=O) groups is 1. The van der Waals surface area contributed by atoms with Crippen molar-refractivity contribution < 1.29 is 70.7 Å². The van der Waals surface area contributed by atoms with E-state index in [0.717, 1.165) is 12.2 Å². The van der Waals surface area contributed by atoms with Gasteiger partial charge in [-0.15, -0.1) is 0 Å². The van der Waals surface area contributed by atoms with Gasteiger partial charge in [-0.3, -0.25) is 4.79 Å². The second kappa shape index (κ2) is 8.62. The van der Waals surface area contributed by atoms with Crippen LogP contribution in [0.1, 0.15) is 26.7 Å². The van der Waals surface area contributed by atoms with E-state index in [1.54, 1.807) is 0 Å². The molecule has 2 unspecified atom stereocenters. The number of nitrogens with two attached hydrogens (primary N) is 1. The number of hydrogen-bond acceptors (Lipinski definition) is 2. The van der Waals surface area contributed by atoms with Crippen molar-refractivity contribution in [3.05, 3.63) is 0 Å². The summed E-state index contributed by atoms with van der Waals surface area (Å²) in [5, 5.41) is 0.965. The molecule has 0 spiro atoms. The van der Waals surface area contributed by atoms with E-state index < -0.39 is 66.1 Å². The van der Waals surface area contributed by atoms with Gasteiger partial charge in [0.05, 0.1) is 0 Å². The van der Waals surface area contributed by atoms with Crippen LogP contribution in [0.2, 0.25) is 0 Å². The van der Waals surface area contributed by atoms with Gasteiger partial charge in [0.1, 0.15) is 0 Å². The molecule has 0 rings (SSSR count). The van der Waals surface area contributed by atoms with E-state index in [2.05, 4.69) is 0 Å². The Morgan fingerprint density at radius 1 is 0.719 bits per heavy atom. The molecule has 0 bridgehead atoms. The predicted molar refractivity (Wildman–Crippen MR) is 76.2 cm³/mol. The van der Waals surface area contributed by atoms with Gasteiger partial charge < -0.3 is 11.1 Å². The van der Waals surface area contributed by atoms with Crippen LogP contribution in [-0.4, -0.2) is 59.7 Å². The molecule has 0 aliphatic carbocycles.